The van der Waals surface area contributed by atoms with Crippen molar-refractivity contribution in [1.29, 1.82) is 0 Å². The van der Waals surface area contributed by atoms with Gasteiger partial charge in [0.05, 0.1) is 6.61 Å². The summed E-state index contributed by atoms with van der Waals surface area (Å²) in [6.45, 7) is 0.646. The van der Waals surface area contributed by atoms with Gasteiger partial charge < -0.3 is 10.5 Å². The fraction of sp³-hybridized carbons (Fsp3) is 0.455. The lowest BCUT2D eigenvalue weighted by Crippen LogP contribution is -2.19. The number of benzene rings is 1. The highest BCUT2D eigenvalue weighted by Crippen LogP contribution is 2.25. The summed E-state index contributed by atoms with van der Waals surface area (Å²) < 4.78 is 56.6. The molecule has 18 heavy (non-hydrogen) atoms. The lowest BCUT2D eigenvalue weighted by atomic mass is 10.1. The minimum absolute atomic E-state index is 0.121. The summed E-state index contributed by atoms with van der Waals surface area (Å²) in [4.78, 5) is 0. The van der Waals surface area contributed by atoms with Crippen molar-refractivity contribution >= 4 is 0 Å². The van der Waals surface area contributed by atoms with Crippen molar-refractivity contribution in [3.63, 3.8) is 0 Å². The third-order valence-electron chi connectivity index (χ3n) is 2.07. The van der Waals surface area contributed by atoms with Gasteiger partial charge in [0, 0.05) is 17.7 Å². The third kappa shape index (κ3) is 4.89. The number of alkyl halides is 3. The van der Waals surface area contributed by atoms with Crippen molar-refractivity contribution in [2.45, 2.75) is 19.3 Å². The molecule has 2 N–H and O–H groups in total. The van der Waals surface area contributed by atoms with Crippen LogP contribution in [-0.4, -0.2) is 19.6 Å². The number of nitrogens with two attached hydrogens (primary N) is 1. The molecule has 0 aromatic heterocycles. The van der Waals surface area contributed by atoms with E-state index < -0.39 is 24.8 Å². The monoisotopic (exact) mass is 267 g/mol. The third-order valence-corrected chi connectivity index (χ3v) is 2.07. The summed E-state index contributed by atoms with van der Waals surface area (Å²) in [5, 5.41) is 0. The minimum atomic E-state index is -4.70. The SMILES string of the molecule is C[C@@H](N)c1ccc(F)cc1OCCOC(F)(F)F. The van der Waals surface area contributed by atoms with Crippen molar-refractivity contribution in [1.82, 2.24) is 0 Å². The van der Waals surface area contributed by atoms with Crippen LogP contribution in [0.3, 0.4) is 0 Å². The summed E-state index contributed by atoms with van der Waals surface area (Å²) in [6, 6.07) is 3.30. The average molecular weight is 267 g/mol. The van der Waals surface area contributed by atoms with E-state index in [-0.39, 0.29) is 12.4 Å². The molecule has 0 spiro atoms. The molecule has 1 aromatic rings. The van der Waals surface area contributed by atoms with Crippen LogP contribution in [0.1, 0.15) is 18.5 Å². The van der Waals surface area contributed by atoms with Gasteiger partial charge in [-0.25, -0.2) is 4.39 Å². The molecule has 0 fully saturated rings. The molecule has 7 heteroatoms. The first-order chi connectivity index (χ1) is 8.29. The number of hydrogen-bond acceptors (Lipinski definition) is 3. The number of ether oxygens (including phenoxy) is 2. The van der Waals surface area contributed by atoms with Gasteiger partial charge >= 0.3 is 6.36 Å². The van der Waals surface area contributed by atoms with Crippen molar-refractivity contribution in [3.8, 4) is 5.75 Å². The molecule has 0 heterocycles. The van der Waals surface area contributed by atoms with Gasteiger partial charge in [0.15, 0.2) is 0 Å². The maximum Gasteiger partial charge on any atom is 0.522 e. The average Bonchev–Trinajstić information content (AvgIpc) is 2.22. The topological polar surface area (TPSA) is 44.5 Å². The van der Waals surface area contributed by atoms with E-state index in [1.165, 1.54) is 12.1 Å². The molecule has 0 saturated heterocycles. The van der Waals surface area contributed by atoms with Gasteiger partial charge in [0.1, 0.15) is 18.2 Å². The van der Waals surface area contributed by atoms with Gasteiger partial charge in [-0.1, -0.05) is 6.07 Å². The maximum absolute atomic E-state index is 13.0. The highest BCUT2D eigenvalue weighted by Gasteiger charge is 2.28. The van der Waals surface area contributed by atoms with Crippen LogP contribution >= 0.6 is 0 Å². The lowest BCUT2D eigenvalue weighted by molar-refractivity contribution is -0.325. The Labute approximate surface area is 101 Å². The van der Waals surface area contributed by atoms with Gasteiger partial charge in [-0.3, -0.25) is 4.74 Å². The zero-order valence-electron chi connectivity index (χ0n) is 9.63. The Morgan fingerprint density at radius 1 is 1.28 bits per heavy atom. The van der Waals surface area contributed by atoms with E-state index in [0.717, 1.165) is 6.07 Å². The second-order valence-corrected chi connectivity index (χ2v) is 3.61. The zero-order valence-corrected chi connectivity index (χ0v) is 9.63. The molecule has 3 nitrogen and oxygen atoms in total. The molecule has 0 saturated carbocycles. The van der Waals surface area contributed by atoms with Gasteiger partial charge in [-0.05, 0) is 13.0 Å². The summed E-state index contributed by atoms with van der Waals surface area (Å²) in [5.41, 5.74) is 6.14. The highest BCUT2D eigenvalue weighted by atomic mass is 19.4. The maximum atomic E-state index is 13.0. The van der Waals surface area contributed by atoms with Gasteiger partial charge in [0.25, 0.3) is 0 Å². The van der Waals surface area contributed by atoms with Crippen LogP contribution in [-0.2, 0) is 4.74 Å². The fourth-order valence-corrected chi connectivity index (χ4v) is 1.32. The normalized spacial score (nSPS) is 13.4. The van der Waals surface area contributed by atoms with Gasteiger partial charge in [0.2, 0.25) is 0 Å². The van der Waals surface area contributed by atoms with Crippen molar-refractivity contribution < 1.29 is 27.0 Å². The molecule has 1 aromatic carbocycles. The van der Waals surface area contributed by atoms with E-state index in [1.807, 2.05) is 0 Å². The van der Waals surface area contributed by atoms with E-state index in [9.17, 15) is 17.6 Å². The predicted octanol–water partition coefficient (Wildman–Crippen LogP) is 2.76. The van der Waals surface area contributed by atoms with Crippen molar-refractivity contribution in [2.75, 3.05) is 13.2 Å². The van der Waals surface area contributed by atoms with Crippen LogP contribution < -0.4 is 10.5 Å². The Morgan fingerprint density at radius 2 is 1.94 bits per heavy atom. The quantitative estimate of drug-likeness (QED) is 0.659. The first-order valence-electron chi connectivity index (χ1n) is 5.18. The number of hydrogen-bond donors (Lipinski definition) is 1. The van der Waals surface area contributed by atoms with Crippen molar-refractivity contribution in [3.05, 3.63) is 29.6 Å². The first-order valence-corrected chi connectivity index (χ1v) is 5.18. The minimum Gasteiger partial charge on any atom is -0.491 e. The molecule has 1 rings (SSSR count). The summed E-state index contributed by atoms with van der Waals surface area (Å²) in [6.07, 6.45) is -4.70. The molecule has 1 atom stereocenters. The van der Waals surface area contributed by atoms with Crippen LogP contribution in [0.2, 0.25) is 0 Å². The summed E-state index contributed by atoms with van der Waals surface area (Å²) in [5.74, 6) is -0.429. The molecule has 102 valence electrons. The van der Waals surface area contributed by atoms with Crippen LogP contribution in [0.15, 0.2) is 18.2 Å². The first kappa shape index (κ1) is 14.7. The van der Waals surface area contributed by atoms with Crippen molar-refractivity contribution in [2.24, 2.45) is 5.73 Å². The molecular weight excluding hydrogens is 254 g/mol. The Morgan fingerprint density at radius 3 is 2.50 bits per heavy atom. The molecule has 0 aliphatic rings. The van der Waals surface area contributed by atoms with E-state index in [1.54, 1.807) is 6.92 Å². The fourth-order valence-electron chi connectivity index (χ4n) is 1.32. The highest BCUT2D eigenvalue weighted by molar-refractivity contribution is 5.36. The standard InChI is InChI=1S/C11H13F4NO2/c1-7(16)9-3-2-8(12)6-10(9)17-4-5-18-11(13,14)15/h2-3,6-7H,4-5,16H2,1H3/t7-/m1/s1. The largest absolute Gasteiger partial charge is 0.522 e. The Kier molecular flexibility index (Phi) is 4.92. The molecule has 0 radical (unpaired) electrons. The van der Waals surface area contributed by atoms with E-state index in [0.29, 0.717) is 5.56 Å². The Hall–Kier alpha value is -1.34. The molecule has 0 unspecified atom stereocenters. The number of halogens is 4. The Bertz CT molecular complexity index is 393. The molecule has 0 aliphatic heterocycles. The van der Waals surface area contributed by atoms with Crippen LogP contribution in [0, 0.1) is 5.82 Å². The molecule has 0 bridgehead atoms. The van der Waals surface area contributed by atoms with E-state index in [4.69, 9.17) is 10.5 Å². The predicted molar refractivity (Wildman–Crippen MR) is 56.5 cm³/mol. The zero-order chi connectivity index (χ0) is 13.8. The van der Waals surface area contributed by atoms with Crippen LogP contribution in [0.4, 0.5) is 17.6 Å². The van der Waals surface area contributed by atoms with Gasteiger partial charge in [-0.2, -0.15) is 0 Å². The van der Waals surface area contributed by atoms with Crippen LogP contribution in [0.25, 0.3) is 0 Å². The second kappa shape index (κ2) is 6.01. The van der Waals surface area contributed by atoms with E-state index in [2.05, 4.69) is 4.74 Å². The summed E-state index contributed by atoms with van der Waals surface area (Å²) >= 11 is 0. The summed E-state index contributed by atoms with van der Waals surface area (Å²) in [7, 11) is 0. The van der Waals surface area contributed by atoms with E-state index >= 15 is 0 Å². The molecular formula is C11H13F4NO2. The number of rotatable bonds is 5. The lowest BCUT2D eigenvalue weighted by Gasteiger charge is -2.14. The van der Waals surface area contributed by atoms with Crippen LogP contribution in [0.5, 0.6) is 5.75 Å². The molecule has 0 aliphatic carbocycles. The Balaban J connectivity index is 2.58. The van der Waals surface area contributed by atoms with Gasteiger partial charge in [-0.15, -0.1) is 13.2 Å². The molecule has 0 amide bonds. The smallest absolute Gasteiger partial charge is 0.491 e. The second-order valence-electron chi connectivity index (χ2n) is 3.61.